The van der Waals surface area contributed by atoms with Crippen molar-refractivity contribution in [2.75, 3.05) is 7.05 Å². The SMILES string of the molecule is CNC(Cn1cnc(C)c1C)c1ccc(C(C)(C)C)cc1. The summed E-state index contributed by atoms with van der Waals surface area (Å²) in [6.07, 6.45) is 1.93. The van der Waals surface area contributed by atoms with Gasteiger partial charge in [-0.3, -0.25) is 0 Å². The minimum Gasteiger partial charge on any atom is -0.333 e. The average Bonchev–Trinajstić information content (AvgIpc) is 2.75. The van der Waals surface area contributed by atoms with E-state index in [-0.39, 0.29) is 5.41 Å². The largest absolute Gasteiger partial charge is 0.333 e. The van der Waals surface area contributed by atoms with Crippen LogP contribution >= 0.6 is 0 Å². The maximum atomic E-state index is 4.38. The van der Waals surface area contributed by atoms with Crippen LogP contribution in [0, 0.1) is 13.8 Å². The number of aromatic nitrogens is 2. The first-order chi connectivity index (χ1) is 9.82. The molecule has 0 amide bonds. The van der Waals surface area contributed by atoms with Gasteiger partial charge in [0.05, 0.1) is 12.0 Å². The fraction of sp³-hybridized carbons (Fsp3) is 0.500. The minimum absolute atomic E-state index is 0.200. The Morgan fingerprint density at radius 1 is 1.14 bits per heavy atom. The zero-order valence-electron chi connectivity index (χ0n) is 14.1. The highest BCUT2D eigenvalue weighted by molar-refractivity contribution is 5.29. The highest BCUT2D eigenvalue weighted by Crippen LogP contribution is 2.24. The third-order valence-corrected chi connectivity index (χ3v) is 4.25. The number of hydrogen-bond acceptors (Lipinski definition) is 2. The highest BCUT2D eigenvalue weighted by atomic mass is 15.1. The second-order valence-electron chi connectivity index (χ2n) is 6.78. The molecule has 3 heteroatoms. The van der Waals surface area contributed by atoms with Crippen molar-refractivity contribution in [1.82, 2.24) is 14.9 Å². The second kappa shape index (κ2) is 6.02. The van der Waals surface area contributed by atoms with Gasteiger partial charge < -0.3 is 9.88 Å². The lowest BCUT2D eigenvalue weighted by Gasteiger charge is -2.22. The molecule has 1 aromatic heterocycles. The normalized spacial score (nSPS) is 13.4. The number of nitrogens with zero attached hydrogens (tertiary/aromatic N) is 2. The van der Waals surface area contributed by atoms with E-state index in [1.807, 2.05) is 13.4 Å². The van der Waals surface area contributed by atoms with Crippen molar-refractivity contribution in [3.63, 3.8) is 0 Å². The summed E-state index contributed by atoms with van der Waals surface area (Å²) in [6, 6.07) is 9.25. The van der Waals surface area contributed by atoms with E-state index >= 15 is 0 Å². The van der Waals surface area contributed by atoms with Crippen LogP contribution in [0.3, 0.4) is 0 Å². The van der Waals surface area contributed by atoms with E-state index in [1.165, 1.54) is 16.8 Å². The van der Waals surface area contributed by atoms with Crippen molar-refractivity contribution in [1.29, 1.82) is 0 Å². The Labute approximate surface area is 128 Å². The average molecular weight is 285 g/mol. The van der Waals surface area contributed by atoms with Gasteiger partial charge in [-0.15, -0.1) is 0 Å². The smallest absolute Gasteiger partial charge is 0.0952 e. The molecule has 0 aliphatic heterocycles. The third kappa shape index (κ3) is 3.53. The molecule has 0 radical (unpaired) electrons. The van der Waals surface area contributed by atoms with Crippen molar-refractivity contribution in [3.05, 3.63) is 53.1 Å². The van der Waals surface area contributed by atoms with Gasteiger partial charge in [0.2, 0.25) is 0 Å². The summed E-state index contributed by atoms with van der Waals surface area (Å²) in [5.74, 6) is 0. The molecule has 2 aromatic rings. The van der Waals surface area contributed by atoms with E-state index in [1.54, 1.807) is 0 Å². The molecule has 3 nitrogen and oxygen atoms in total. The van der Waals surface area contributed by atoms with Crippen LogP contribution < -0.4 is 5.32 Å². The van der Waals surface area contributed by atoms with Crippen molar-refractivity contribution in [2.45, 2.75) is 52.6 Å². The molecule has 0 saturated heterocycles. The van der Waals surface area contributed by atoms with Crippen molar-refractivity contribution in [2.24, 2.45) is 0 Å². The summed E-state index contributed by atoms with van der Waals surface area (Å²) in [6.45, 7) is 11.8. The maximum absolute atomic E-state index is 4.38. The van der Waals surface area contributed by atoms with E-state index < -0.39 is 0 Å². The Balaban J connectivity index is 2.20. The molecule has 1 N–H and O–H groups in total. The number of rotatable bonds is 4. The van der Waals surface area contributed by atoms with Gasteiger partial charge in [-0.05, 0) is 37.4 Å². The number of benzene rings is 1. The molecule has 21 heavy (non-hydrogen) atoms. The minimum atomic E-state index is 0.200. The highest BCUT2D eigenvalue weighted by Gasteiger charge is 2.16. The molecule has 0 aliphatic carbocycles. The van der Waals surface area contributed by atoms with E-state index in [9.17, 15) is 0 Å². The summed E-state index contributed by atoms with van der Waals surface area (Å²) < 4.78 is 2.22. The fourth-order valence-electron chi connectivity index (χ4n) is 2.50. The Kier molecular flexibility index (Phi) is 4.52. The predicted octanol–water partition coefficient (Wildman–Crippen LogP) is 3.76. The van der Waals surface area contributed by atoms with Crippen LogP contribution in [0.1, 0.15) is 49.3 Å². The van der Waals surface area contributed by atoms with Crippen LogP contribution in [0.2, 0.25) is 0 Å². The van der Waals surface area contributed by atoms with Crippen molar-refractivity contribution >= 4 is 0 Å². The lowest BCUT2D eigenvalue weighted by Crippen LogP contribution is -2.22. The van der Waals surface area contributed by atoms with E-state index in [0.29, 0.717) is 6.04 Å². The molecule has 1 aromatic carbocycles. The number of imidazole rings is 1. The Bertz CT molecular complexity index is 588. The van der Waals surface area contributed by atoms with Gasteiger partial charge in [0.15, 0.2) is 0 Å². The summed E-state index contributed by atoms with van der Waals surface area (Å²) in [4.78, 5) is 4.38. The van der Waals surface area contributed by atoms with E-state index in [2.05, 4.69) is 73.8 Å². The van der Waals surface area contributed by atoms with Crippen LogP contribution in [0.5, 0.6) is 0 Å². The first-order valence-electron chi connectivity index (χ1n) is 7.59. The third-order valence-electron chi connectivity index (χ3n) is 4.25. The van der Waals surface area contributed by atoms with Crippen LogP contribution in [0.4, 0.5) is 0 Å². The monoisotopic (exact) mass is 285 g/mol. The number of aryl methyl sites for hydroxylation is 1. The zero-order valence-corrected chi connectivity index (χ0v) is 14.1. The Morgan fingerprint density at radius 3 is 2.19 bits per heavy atom. The predicted molar refractivity (Wildman–Crippen MR) is 88.6 cm³/mol. The van der Waals surface area contributed by atoms with Crippen molar-refractivity contribution < 1.29 is 0 Å². The molecule has 0 spiro atoms. The Morgan fingerprint density at radius 2 is 1.76 bits per heavy atom. The molecule has 0 aliphatic rings. The zero-order chi connectivity index (χ0) is 15.6. The molecule has 0 bridgehead atoms. The van der Waals surface area contributed by atoms with Gasteiger partial charge in [0.1, 0.15) is 0 Å². The Hall–Kier alpha value is -1.61. The van der Waals surface area contributed by atoms with Crippen molar-refractivity contribution in [3.8, 4) is 0 Å². The van der Waals surface area contributed by atoms with Crippen LogP contribution in [-0.2, 0) is 12.0 Å². The van der Waals surface area contributed by atoms with E-state index in [4.69, 9.17) is 0 Å². The lowest BCUT2D eigenvalue weighted by atomic mass is 9.86. The molecule has 0 saturated carbocycles. The lowest BCUT2D eigenvalue weighted by molar-refractivity contribution is 0.493. The maximum Gasteiger partial charge on any atom is 0.0952 e. The number of likely N-dealkylation sites (N-methyl/N-ethyl adjacent to an activating group) is 1. The number of hydrogen-bond donors (Lipinski definition) is 1. The summed E-state index contributed by atoms with van der Waals surface area (Å²) >= 11 is 0. The fourth-order valence-corrected chi connectivity index (χ4v) is 2.50. The van der Waals surface area contributed by atoms with Crippen LogP contribution in [0.15, 0.2) is 30.6 Å². The van der Waals surface area contributed by atoms with Crippen LogP contribution in [0.25, 0.3) is 0 Å². The topological polar surface area (TPSA) is 29.9 Å². The van der Waals surface area contributed by atoms with Gasteiger partial charge >= 0.3 is 0 Å². The van der Waals surface area contributed by atoms with E-state index in [0.717, 1.165) is 12.2 Å². The van der Waals surface area contributed by atoms with Gasteiger partial charge in [0, 0.05) is 18.3 Å². The first kappa shape index (κ1) is 15.8. The van der Waals surface area contributed by atoms with Gasteiger partial charge in [-0.25, -0.2) is 4.98 Å². The van der Waals surface area contributed by atoms with Gasteiger partial charge in [-0.2, -0.15) is 0 Å². The first-order valence-corrected chi connectivity index (χ1v) is 7.59. The van der Waals surface area contributed by atoms with Gasteiger partial charge in [0.25, 0.3) is 0 Å². The van der Waals surface area contributed by atoms with Crippen LogP contribution in [-0.4, -0.2) is 16.6 Å². The summed E-state index contributed by atoms with van der Waals surface area (Å²) in [5.41, 5.74) is 5.23. The number of nitrogens with one attached hydrogen (secondary N) is 1. The molecule has 1 atom stereocenters. The quantitative estimate of drug-likeness (QED) is 0.927. The molecule has 1 heterocycles. The molecule has 1 unspecified atom stereocenters. The second-order valence-corrected chi connectivity index (χ2v) is 6.78. The van der Waals surface area contributed by atoms with Gasteiger partial charge in [-0.1, -0.05) is 45.0 Å². The molecule has 114 valence electrons. The molecular formula is C18H27N3. The summed E-state index contributed by atoms with van der Waals surface area (Å²) in [5, 5.41) is 3.41. The summed E-state index contributed by atoms with van der Waals surface area (Å²) in [7, 11) is 2.02. The standard InChI is InChI=1S/C18H27N3/c1-13-14(2)21(12-20-13)11-17(19-6)15-7-9-16(10-8-15)18(3,4)5/h7-10,12,17,19H,11H2,1-6H3. The molecule has 2 rings (SSSR count). The molecule has 0 fully saturated rings. The molecular weight excluding hydrogens is 258 g/mol.